The fraction of sp³-hybridized carbons (Fsp3) is 0. The van der Waals surface area contributed by atoms with Crippen LogP contribution in [0.3, 0.4) is 0 Å². The van der Waals surface area contributed by atoms with Crippen LogP contribution < -0.4 is 5.73 Å². The van der Waals surface area contributed by atoms with Crippen molar-refractivity contribution < 1.29 is 24.9 Å². The highest BCUT2D eigenvalue weighted by molar-refractivity contribution is 6.06. The second-order valence-corrected chi connectivity index (χ2v) is 3.77. The van der Waals surface area contributed by atoms with Gasteiger partial charge in [-0.15, -0.1) is 0 Å². The Bertz CT molecular complexity index is 623. The number of aromatic carboxylic acids is 2. The lowest BCUT2D eigenvalue weighted by Gasteiger charge is -2.07. The van der Waals surface area contributed by atoms with Gasteiger partial charge in [0, 0.05) is 11.1 Å². The van der Waals surface area contributed by atoms with Crippen LogP contribution in [0.2, 0.25) is 0 Å². The molecule has 18 heavy (non-hydrogen) atoms. The molecule has 2 aromatic carbocycles. The van der Waals surface area contributed by atoms with E-state index in [4.69, 9.17) is 15.9 Å². The van der Waals surface area contributed by atoms with Crippen molar-refractivity contribution >= 4 is 28.4 Å². The van der Waals surface area contributed by atoms with Crippen molar-refractivity contribution in [3.05, 3.63) is 35.4 Å². The van der Waals surface area contributed by atoms with E-state index in [0.29, 0.717) is 0 Å². The third kappa shape index (κ3) is 1.80. The van der Waals surface area contributed by atoms with Crippen molar-refractivity contribution in [2.75, 3.05) is 5.73 Å². The number of fused-ring (bicyclic) bond motifs is 1. The summed E-state index contributed by atoms with van der Waals surface area (Å²) in [6, 6.07) is 4.81. The molecule has 0 saturated heterocycles. The highest BCUT2D eigenvalue weighted by Crippen LogP contribution is 2.32. The zero-order valence-corrected chi connectivity index (χ0v) is 9.04. The Labute approximate surface area is 101 Å². The topological polar surface area (TPSA) is 121 Å². The number of phenols is 1. The Balaban J connectivity index is 2.84. The molecule has 0 aliphatic rings. The first kappa shape index (κ1) is 11.7. The fourth-order valence-corrected chi connectivity index (χ4v) is 1.77. The molecule has 0 aliphatic carbocycles. The molecule has 0 atom stereocenters. The van der Waals surface area contributed by atoms with Crippen LogP contribution in [-0.4, -0.2) is 27.3 Å². The van der Waals surface area contributed by atoms with Crippen molar-refractivity contribution in [1.29, 1.82) is 0 Å². The van der Waals surface area contributed by atoms with Gasteiger partial charge in [0.25, 0.3) is 0 Å². The number of phenolic OH excluding ortho intramolecular Hbond substituents is 1. The molecule has 2 aromatic rings. The summed E-state index contributed by atoms with van der Waals surface area (Å²) in [4.78, 5) is 21.7. The summed E-state index contributed by atoms with van der Waals surface area (Å²) in [5.41, 5.74) is 5.53. The lowest BCUT2D eigenvalue weighted by atomic mass is 10.0. The second kappa shape index (κ2) is 3.92. The van der Waals surface area contributed by atoms with Crippen LogP contribution in [0.25, 0.3) is 10.8 Å². The standard InChI is InChI=1S/C12H9NO5/c13-8-3-6(11(15)16)1-5-2-7(12(17)18)4-9(14)10(5)8/h1-4,14H,13H2,(H,15,16)(H,17,18). The van der Waals surface area contributed by atoms with E-state index in [1.807, 2.05) is 0 Å². The number of nitrogen functional groups attached to an aromatic ring is 1. The highest BCUT2D eigenvalue weighted by Gasteiger charge is 2.13. The molecule has 0 bridgehead atoms. The molecule has 2 rings (SSSR count). The molecule has 0 radical (unpaired) electrons. The van der Waals surface area contributed by atoms with Gasteiger partial charge in [-0.2, -0.15) is 0 Å². The van der Waals surface area contributed by atoms with E-state index in [2.05, 4.69) is 0 Å². The molecule has 0 unspecified atom stereocenters. The van der Waals surface area contributed by atoms with E-state index in [-0.39, 0.29) is 33.3 Å². The van der Waals surface area contributed by atoms with E-state index in [0.717, 1.165) is 6.07 Å². The summed E-state index contributed by atoms with van der Waals surface area (Å²) in [5.74, 6) is -2.69. The average molecular weight is 247 g/mol. The smallest absolute Gasteiger partial charge is 0.335 e. The maximum absolute atomic E-state index is 10.9. The third-order valence-electron chi connectivity index (χ3n) is 2.55. The molecular weight excluding hydrogens is 238 g/mol. The number of hydrogen-bond donors (Lipinski definition) is 4. The highest BCUT2D eigenvalue weighted by atomic mass is 16.4. The van der Waals surface area contributed by atoms with Crippen molar-refractivity contribution in [3.63, 3.8) is 0 Å². The molecule has 0 saturated carbocycles. The van der Waals surface area contributed by atoms with E-state index in [1.165, 1.54) is 18.2 Å². The Hall–Kier alpha value is -2.76. The Morgan fingerprint density at radius 2 is 1.44 bits per heavy atom. The summed E-state index contributed by atoms with van der Waals surface area (Å²) < 4.78 is 0. The minimum Gasteiger partial charge on any atom is -0.507 e. The number of nitrogens with two attached hydrogens (primary N) is 1. The van der Waals surface area contributed by atoms with Crippen molar-refractivity contribution in [3.8, 4) is 5.75 Å². The molecule has 6 heteroatoms. The first-order valence-corrected chi connectivity index (χ1v) is 4.93. The molecule has 0 spiro atoms. The van der Waals surface area contributed by atoms with Crippen LogP contribution in [0.5, 0.6) is 5.75 Å². The molecule has 0 fully saturated rings. The van der Waals surface area contributed by atoms with Gasteiger partial charge in [-0.1, -0.05) is 0 Å². The van der Waals surface area contributed by atoms with Crippen LogP contribution in [0.1, 0.15) is 20.7 Å². The second-order valence-electron chi connectivity index (χ2n) is 3.77. The molecule has 6 nitrogen and oxygen atoms in total. The third-order valence-corrected chi connectivity index (χ3v) is 2.55. The first-order valence-electron chi connectivity index (χ1n) is 4.93. The summed E-state index contributed by atoms with van der Waals surface area (Å²) >= 11 is 0. The van der Waals surface area contributed by atoms with E-state index in [1.54, 1.807) is 0 Å². The Morgan fingerprint density at radius 1 is 0.944 bits per heavy atom. The van der Waals surface area contributed by atoms with E-state index in [9.17, 15) is 14.7 Å². The first-order chi connectivity index (χ1) is 8.40. The number of hydrogen-bond acceptors (Lipinski definition) is 4. The number of aromatic hydroxyl groups is 1. The van der Waals surface area contributed by atoms with Crippen LogP contribution in [0.15, 0.2) is 24.3 Å². The summed E-state index contributed by atoms with van der Waals surface area (Å²) in [5, 5.41) is 28.0. The predicted octanol–water partition coefficient (Wildman–Crippen LogP) is 1.52. The zero-order valence-electron chi connectivity index (χ0n) is 9.04. The molecule has 5 N–H and O–H groups in total. The van der Waals surface area contributed by atoms with Gasteiger partial charge in [0.2, 0.25) is 0 Å². The van der Waals surface area contributed by atoms with Gasteiger partial charge >= 0.3 is 11.9 Å². The lowest BCUT2D eigenvalue weighted by molar-refractivity contribution is 0.0686. The normalized spacial score (nSPS) is 10.4. The summed E-state index contributed by atoms with van der Waals surface area (Å²) in [6.07, 6.45) is 0. The molecule has 0 aliphatic heterocycles. The van der Waals surface area contributed by atoms with Gasteiger partial charge in [-0.3, -0.25) is 0 Å². The number of benzene rings is 2. The van der Waals surface area contributed by atoms with Crippen LogP contribution in [0.4, 0.5) is 5.69 Å². The SMILES string of the molecule is Nc1cc(C(=O)O)cc2cc(C(=O)O)cc(O)c12. The van der Waals surface area contributed by atoms with Crippen molar-refractivity contribution in [2.24, 2.45) is 0 Å². The molecular formula is C12H9NO5. The van der Waals surface area contributed by atoms with Gasteiger partial charge < -0.3 is 21.1 Å². The number of carbonyl (C=O) groups is 2. The predicted molar refractivity (Wildman–Crippen MR) is 63.9 cm³/mol. The van der Waals surface area contributed by atoms with E-state index < -0.39 is 11.9 Å². The maximum Gasteiger partial charge on any atom is 0.335 e. The zero-order chi connectivity index (χ0) is 13.4. The summed E-state index contributed by atoms with van der Waals surface area (Å²) in [6.45, 7) is 0. The van der Waals surface area contributed by atoms with Crippen molar-refractivity contribution in [1.82, 2.24) is 0 Å². The Morgan fingerprint density at radius 3 is 1.94 bits per heavy atom. The average Bonchev–Trinajstić information content (AvgIpc) is 2.27. The summed E-state index contributed by atoms with van der Waals surface area (Å²) in [7, 11) is 0. The van der Waals surface area contributed by atoms with Crippen LogP contribution in [0, 0.1) is 0 Å². The Kier molecular flexibility index (Phi) is 2.55. The van der Waals surface area contributed by atoms with E-state index >= 15 is 0 Å². The molecule has 92 valence electrons. The minimum absolute atomic E-state index is 0.0676. The van der Waals surface area contributed by atoms with Gasteiger partial charge in [-0.25, -0.2) is 9.59 Å². The van der Waals surface area contributed by atoms with Gasteiger partial charge in [0.1, 0.15) is 5.75 Å². The number of rotatable bonds is 2. The molecule has 0 aromatic heterocycles. The van der Waals surface area contributed by atoms with Crippen LogP contribution >= 0.6 is 0 Å². The lowest BCUT2D eigenvalue weighted by Crippen LogP contribution is -2.01. The largest absolute Gasteiger partial charge is 0.507 e. The molecule has 0 heterocycles. The maximum atomic E-state index is 10.9. The van der Waals surface area contributed by atoms with Gasteiger partial charge in [0.05, 0.1) is 11.1 Å². The van der Waals surface area contributed by atoms with Gasteiger partial charge in [0.15, 0.2) is 0 Å². The monoisotopic (exact) mass is 247 g/mol. The van der Waals surface area contributed by atoms with Crippen molar-refractivity contribution in [2.45, 2.75) is 0 Å². The number of carboxylic acids is 2. The number of anilines is 1. The van der Waals surface area contributed by atoms with Crippen LogP contribution in [-0.2, 0) is 0 Å². The quantitative estimate of drug-likeness (QED) is 0.597. The molecule has 0 amide bonds. The minimum atomic E-state index is -1.22. The van der Waals surface area contributed by atoms with Gasteiger partial charge in [-0.05, 0) is 29.7 Å². The fourth-order valence-electron chi connectivity index (χ4n) is 1.77. The number of carboxylic acid groups (broad SMARTS) is 2.